The fourth-order valence-electron chi connectivity index (χ4n) is 0.618. The van der Waals surface area contributed by atoms with Crippen LogP contribution in [0.1, 0.15) is 1.37 Å². The molecule has 0 amide bonds. The number of hydrogen-bond donors (Lipinski definition) is 0. The highest BCUT2D eigenvalue weighted by Gasteiger charge is 1.94. The molecule has 0 aromatic heterocycles. The molecule has 0 aromatic rings. The van der Waals surface area contributed by atoms with Gasteiger partial charge in [0.2, 0.25) is 0 Å². The highest BCUT2D eigenvalue weighted by Crippen LogP contribution is 1.93. The van der Waals surface area contributed by atoms with Gasteiger partial charge in [-0.15, -0.1) is 6.58 Å². The molecule has 48 valence electrons. The van der Waals surface area contributed by atoms with E-state index >= 15 is 0 Å². The summed E-state index contributed by atoms with van der Waals surface area (Å²) in [6, 6.07) is 0. The molecule has 1 unspecified atom stereocenters. The summed E-state index contributed by atoms with van der Waals surface area (Å²) in [5.74, 6) is 0. The van der Waals surface area contributed by atoms with E-state index in [1.54, 1.807) is 24.7 Å². The molecule has 0 bridgehead atoms. The number of aliphatic imine (C=N–C) groups is 1. The van der Waals surface area contributed by atoms with Gasteiger partial charge in [-0.3, -0.25) is 4.99 Å². The molecule has 0 saturated heterocycles. The Morgan fingerprint density at radius 1 is 2.00 bits per heavy atom. The minimum absolute atomic E-state index is 0.344. The monoisotopic (exact) mass is 123 g/mol. The van der Waals surface area contributed by atoms with Gasteiger partial charge in [0.1, 0.15) is 0 Å². The van der Waals surface area contributed by atoms with E-state index in [4.69, 9.17) is 1.37 Å². The van der Waals surface area contributed by atoms with Crippen molar-refractivity contribution in [1.29, 1.82) is 0 Å². The first kappa shape index (κ1) is 4.79. The van der Waals surface area contributed by atoms with E-state index in [2.05, 4.69) is 11.6 Å². The van der Waals surface area contributed by atoms with Crippen molar-refractivity contribution >= 4 is 6.21 Å². The van der Waals surface area contributed by atoms with Crippen molar-refractivity contribution in [3.05, 3.63) is 25.1 Å². The van der Waals surface area contributed by atoms with Gasteiger partial charge in [0, 0.05) is 25.2 Å². The van der Waals surface area contributed by atoms with Crippen LogP contribution in [0.4, 0.5) is 0 Å². The molecule has 2 nitrogen and oxygen atoms in total. The Morgan fingerprint density at radius 3 is 3.56 bits per heavy atom. The maximum absolute atomic E-state index is 7.41. The fraction of sp³-hybridized carbons (Fsp3) is 0.286. The Balaban J connectivity index is 2.52. The van der Waals surface area contributed by atoms with E-state index in [0.29, 0.717) is 6.54 Å². The zero-order valence-corrected chi connectivity index (χ0v) is 5.20. The van der Waals surface area contributed by atoms with Crippen LogP contribution in [0.2, 0.25) is 0 Å². The lowest BCUT2D eigenvalue weighted by Gasteiger charge is -2.16. The lowest BCUT2D eigenvalue weighted by Crippen LogP contribution is -2.20. The number of hydrogen-bond acceptors (Lipinski definition) is 2. The first-order valence-corrected chi connectivity index (χ1v) is 2.83. The molecule has 2 heteroatoms. The first-order chi connectivity index (χ1) is 4.84. The van der Waals surface area contributed by atoms with Crippen LogP contribution in [-0.2, 0) is 0 Å². The third kappa shape index (κ3) is 1.72. The normalized spacial score (nSPS) is 26.0. The second-order valence-corrected chi connectivity index (χ2v) is 1.73. The standard InChI is InChI=1S/C7H10N2/c1-2-5-9-6-3-8-4-7-9/h2-4,6H,1,5,7H2/i7D. The summed E-state index contributed by atoms with van der Waals surface area (Å²) in [6.45, 7) is 3.95. The van der Waals surface area contributed by atoms with Crippen molar-refractivity contribution < 1.29 is 1.37 Å². The second kappa shape index (κ2) is 3.07. The number of rotatable bonds is 2. The van der Waals surface area contributed by atoms with Crippen LogP contribution >= 0.6 is 0 Å². The van der Waals surface area contributed by atoms with Gasteiger partial charge in [-0.1, -0.05) is 6.08 Å². The summed E-state index contributed by atoms with van der Waals surface area (Å²) in [5, 5.41) is 0. The molecule has 0 saturated carbocycles. The van der Waals surface area contributed by atoms with Gasteiger partial charge in [0.25, 0.3) is 0 Å². The fourth-order valence-corrected chi connectivity index (χ4v) is 0.618. The van der Waals surface area contributed by atoms with Crippen molar-refractivity contribution in [2.45, 2.75) is 0 Å². The summed E-state index contributed by atoms with van der Waals surface area (Å²) >= 11 is 0. The van der Waals surface area contributed by atoms with Crippen LogP contribution in [0, 0.1) is 0 Å². The molecule has 1 aliphatic heterocycles. The van der Waals surface area contributed by atoms with Crippen molar-refractivity contribution in [3.63, 3.8) is 0 Å². The number of nitrogens with zero attached hydrogens (tertiary/aromatic N) is 2. The van der Waals surface area contributed by atoms with Crippen LogP contribution in [-0.4, -0.2) is 24.2 Å². The molecule has 1 atom stereocenters. The average molecular weight is 123 g/mol. The Bertz CT molecular complexity index is 174. The molecule has 1 heterocycles. The lowest BCUT2D eigenvalue weighted by molar-refractivity contribution is 0.473. The van der Waals surface area contributed by atoms with Crippen molar-refractivity contribution in [3.8, 4) is 0 Å². The average Bonchev–Trinajstić information content (AvgIpc) is 1.94. The largest absolute Gasteiger partial charge is 0.367 e. The van der Waals surface area contributed by atoms with Crippen LogP contribution in [0.25, 0.3) is 0 Å². The lowest BCUT2D eigenvalue weighted by atomic mass is 10.5. The molecular formula is C7H10N2. The smallest absolute Gasteiger partial charge is 0.0554 e. The summed E-state index contributed by atoms with van der Waals surface area (Å²) < 4.78 is 7.41. The van der Waals surface area contributed by atoms with Crippen molar-refractivity contribution in [2.75, 3.05) is 13.1 Å². The first-order valence-electron chi connectivity index (χ1n) is 3.41. The Labute approximate surface area is 56.6 Å². The van der Waals surface area contributed by atoms with Crippen LogP contribution in [0.5, 0.6) is 0 Å². The topological polar surface area (TPSA) is 15.6 Å². The zero-order valence-electron chi connectivity index (χ0n) is 6.20. The van der Waals surface area contributed by atoms with Crippen LogP contribution in [0.15, 0.2) is 30.0 Å². The van der Waals surface area contributed by atoms with Crippen LogP contribution < -0.4 is 0 Å². The summed E-state index contributed by atoms with van der Waals surface area (Å²) in [4.78, 5) is 5.65. The molecule has 0 aliphatic carbocycles. The van der Waals surface area contributed by atoms with Crippen molar-refractivity contribution in [2.24, 2.45) is 4.99 Å². The third-order valence-electron chi connectivity index (χ3n) is 1.03. The van der Waals surface area contributed by atoms with Gasteiger partial charge in [-0.25, -0.2) is 0 Å². The Kier molecular flexibility index (Phi) is 1.64. The maximum atomic E-state index is 7.41. The van der Waals surface area contributed by atoms with Crippen molar-refractivity contribution in [1.82, 2.24) is 4.90 Å². The van der Waals surface area contributed by atoms with E-state index < -0.39 is 0 Å². The van der Waals surface area contributed by atoms with Gasteiger partial charge in [-0.2, -0.15) is 0 Å². The second-order valence-electron chi connectivity index (χ2n) is 1.73. The van der Waals surface area contributed by atoms with E-state index in [1.807, 2.05) is 4.90 Å². The molecule has 1 rings (SSSR count). The molecule has 1 aliphatic rings. The molecule has 0 spiro atoms. The van der Waals surface area contributed by atoms with Gasteiger partial charge < -0.3 is 4.90 Å². The predicted octanol–water partition coefficient (Wildman–Crippen LogP) is 1.03. The maximum Gasteiger partial charge on any atom is 0.0554 e. The van der Waals surface area contributed by atoms with E-state index in [-0.39, 0.29) is 6.52 Å². The summed E-state index contributed by atoms with van der Waals surface area (Å²) in [5.41, 5.74) is 0. The predicted molar refractivity (Wildman–Crippen MR) is 39.4 cm³/mol. The van der Waals surface area contributed by atoms with E-state index in [1.165, 1.54) is 0 Å². The molecule has 0 radical (unpaired) electrons. The molecule has 0 aromatic carbocycles. The molecule has 0 N–H and O–H groups in total. The highest BCUT2D eigenvalue weighted by atomic mass is 15.1. The minimum atomic E-state index is -0.344. The van der Waals surface area contributed by atoms with E-state index in [9.17, 15) is 0 Å². The SMILES string of the molecule is [2H]C1C=NC=CN1CC=C. The Morgan fingerprint density at radius 2 is 2.89 bits per heavy atom. The Hall–Kier alpha value is -1.05. The quantitative estimate of drug-likeness (QED) is 0.501. The van der Waals surface area contributed by atoms with Crippen LogP contribution in [0.3, 0.4) is 0 Å². The molecular weight excluding hydrogens is 112 g/mol. The molecule has 9 heavy (non-hydrogen) atoms. The van der Waals surface area contributed by atoms with E-state index in [0.717, 1.165) is 0 Å². The van der Waals surface area contributed by atoms with Gasteiger partial charge in [0.05, 0.1) is 7.89 Å². The minimum Gasteiger partial charge on any atom is -0.367 e. The summed E-state index contributed by atoms with van der Waals surface area (Å²) in [7, 11) is 0. The molecule has 0 fully saturated rings. The summed E-state index contributed by atoms with van der Waals surface area (Å²) in [6.07, 6.45) is 6.82. The van der Waals surface area contributed by atoms with Gasteiger partial charge >= 0.3 is 0 Å². The highest BCUT2D eigenvalue weighted by molar-refractivity contribution is 5.61. The van der Waals surface area contributed by atoms with Gasteiger partial charge in [0.15, 0.2) is 0 Å². The zero-order chi connectivity index (χ0) is 7.40. The third-order valence-corrected chi connectivity index (χ3v) is 1.03. The van der Waals surface area contributed by atoms with Gasteiger partial charge in [-0.05, 0) is 0 Å².